The summed E-state index contributed by atoms with van der Waals surface area (Å²) in [6, 6.07) is 21.6. The molecule has 25 heavy (non-hydrogen) atoms. The van der Waals surface area contributed by atoms with Gasteiger partial charge in [0, 0.05) is 6.54 Å². The maximum atomic E-state index is 12.2. The topological polar surface area (TPSA) is 54.3 Å². The van der Waals surface area contributed by atoms with Gasteiger partial charge in [0.25, 0.3) is 0 Å². The molecule has 1 heterocycles. The fraction of sp³-hybridized carbons (Fsp3) is 0.190. The van der Waals surface area contributed by atoms with Crippen molar-refractivity contribution < 1.29 is 9.21 Å². The van der Waals surface area contributed by atoms with Crippen molar-refractivity contribution in [3.8, 4) is 0 Å². The van der Waals surface area contributed by atoms with Crippen LogP contribution in [0.15, 0.2) is 77.4 Å². The molecule has 0 radical (unpaired) electrons. The van der Waals surface area contributed by atoms with E-state index in [-0.39, 0.29) is 18.5 Å². The van der Waals surface area contributed by atoms with Gasteiger partial charge in [0.05, 0.1) is 18.8 Å². The summed E-state index contributed by atoms with van der Waals surface area (Å²) < 4.78 is 5.53. The van der Waals surface area contributed by atoms with Crippen LogP contribution in [-0.2, 0) is 11.3 Å². The monoisotopic (exact) mass is 334 g/mol. The van der Waals surface area contributed by atoms with Crippen molar-refractivity contribution in [2.24, 2.45) is 0 Å². The average Bonchev–Trinajstić information content (AvgIpc) is 3.16. The molecule has 4 nitrogen and oxygen atoms in total. The van der Waals surface area contributed by atoms with Crippen molar-refractivity contribution in [1.82, 2.24) is 10.6 Å². The van der Waals surface area contributed by atoms with Crippen molar-refractivity contribution in [3.05, 3.63) is 95.4 Å². The first-order valence-corrected chi connectivity index (χ1v) is 8.37. The van der Waals surface area contributed by atoms with Crippen LogP contribution < -0.4 is 10.6 Å². The zero-order chi connectivity index (χ0) is 17.5. The van der Waals surface area contributed by atoms with Crippen molar-refractivity contribution in [1.29, 1.82) is 0 Å². The van der Waals surface area contributed by atoms with Crippen LogP contribution in [0.1, 0.15) is 28.5 Å². The van der Waals surface area contributed by atoms with E-state index in [4.69, 9.17) is 4.42 Å². The Bertz CT molecular complexity index is 798. The smallest absolute Gasteiger partial charge is 0.234 e. The van der Waals surface area contributed by atoms with E-state index in [0.29, 0.717) is 6.54 Å². The summed E-state index contributed by atoms with van der Waals surface area (Å²) >= 11 is 0. The number of carbonyl (C=O) groups excluding carboxylic acids is 1. The molecule has 0 saturated carbocycles. The molecule has 0 aliphatic rings. The van der Waals surface area contributed by atoms with E-state index in [0.717, 1.165) is 16.9 Å². The fourth-order valence-corrected chi connectivity index (χ4v) is 2.74. The summed E-state index contributed by atoms with van der Waals surface area (Å²) in [6.07, 6.45) is 1.64. The second-order valence-corrected chi connectivity index (χ2v) is 5.94. The average molecular weight is 334 g/mol. The quantitative estimate of drug-likeness (QED) is 0.694. The molecule has 0 unspecified atom stereocenters. The van der Waals surface area contributed by atoms with Gasteiger partial charge in [-0.3, -0.25) is 10.1 Å². The molecule has 1 amide bonds. The lowest BCUT2D eigenvalue weighted by atomic mass is 10.0. The molecule has 0 bridgehead atoms. The van der Waals surface area contributed by atoms with Gasteiger partial charge in [0.15, 0.2) is 0 Å². The minimum absolute atomic E-state index is 0.0456. The Hall–Kier alpha value is -2.85. The van der Waals surface area contributed by atoms with E-state index in [1.807, 2.05) is 73.7 Å². The van der Waals surface area contributed by atoms with Gasteiger partial charge in [0.2, 0.25) is 5.91 Å². The number of aryl methyl sites for hydroxylation is 1. The van der Waals surface area contributed by atoms with Crippen LogP contribution in [-0.4, -0.2) is 12.5 Å². The Morgan fingerprint density at radius 1 is 1.00 bits per heavy atom. The second kappa shape index (κ2) is 8.31. The zero-order valence-electron chi connectivity index (χ0n) is 14.2. The van der Waals surface area contributed by atoms with E-state index in [1.165, 1.54) is 5.56 Å². The summed E-state index contributed by atoms with van der Waals surface area (Å²) in [5.41, 5.74) is 3.36. The number of furan rings is 1. The third kappa shape index (κ3) is 4.58. The van der Waals surface area contributed by atoms with Gasteiger partial charge in [0.1, 0.15) is 5.76 Å². The molecule has 128 valence electrons. The first kappa shape index (κ1) is 17.0. The number of nitrogens with one attached hydrogen (secondary N) is 2. The van der Waals surface area contributed by atoms with Crippen molar-refractivity contribution in [2.45, 2.75) is 19.5 Å². The number of hydrogen-bond donors (Lipinski definition) is 2. The molecular formula is C21H22N2O2. The summed E-state index contributed by atoms with van der Waals surface area (Å²) in [7, 11) is 0. The summed E-state index contributed by atoms with van der Waals surface area (Å²) in [5, 5.41) is 6.24. The number of benzene rings is 2. The van der Waals surface area contributed by atoms with Gasteiger partial charge in [-0.05, 0) is 35.7 Å². The van der Waals surface area contributed by atoms with Crippen LogP contribution in [0.25, 0.3) is 0 Å². The van der Waals surface area contributed by atoms with Crippen LogP contribution in [0, 0.1) is 6.92 Å². The minimum atomic E-state index is -0.152. The van der Waals surface area contributed by atoms with Crippen LogP contribution in [0.3, 0.4) is 0 Å². The number of amides is 1. The lowest BCUT2D eigenvalue weighted by molar-refractivity contribution is -0.120. The summed E-state index contributed by atoms with van der Waals surface area (Å²) in [4.78, 5) is 12.2. The molecule has 3 aromatic rings. The number of carbonyl (C=O) groups is 1. The standard InChI is InChI=1S/C21H22N2O2/c1-16-8-5-6-11-18(16)14-22-20(24)15-23-21(19-12-7-13-25-19)17-9-3-2-4-10-17/h2-13,21,23H,14-15H2,1H3,(H,22,24)/t21-/m0/s1. The number of hydrogen-bond acceptors (Lipinski definition) is 3. The van der Waals surface area contributed by atoms with Crippen LogP contribution in [0.4, 0.5) is 0 Å². The second-order valence-electron chi connectivity index (χ2n) is 5.94. The van der Waals surface area contributed by atoms with Crippen LogP contribution >= 0.6 is 0 Å². The first-order chi connectivity index (χ1) is 12.2. The molecule has 0 aliphatic heterocycles. The van der Waals surface area contributed by atoms with E-state index in [2.05, 4.69) is 10.6 Å². The van der Waals surface area contributed by atoms with Gasteiger partial charge in [-0.15, -0.1) is 0 Å². The molecule has 0 aliphatic carbocycles. The first-order valence-electron chi connectivity index (χ1n) is 8.37. The predicted octanol–water partition coefficient (Wildman–Crippen LogP) is 3.58. The maximum absolute atomic E-state index is 12.2. The Balaban J connectivity index is 1.60. The van der Waals surface area contributed by atoms with Gasteiger partial charge in [-0.1, -0.05) is 54.6 Å². The van der Waals surface area contributed by atoms with E-state index in [1.54, 1.807) is 6.26 Å². The van der Waals surface area contributed by atoms with Gasteiger partial charge >= 0.3 is 0 Å². The molecule has 2 N–H and O–H groups in total. The normalized spacial score (nSPS) is 11.9. The van der Waals surface area contributed by atoms with Crippen molar-refractivity contribution in [3.63, 3.8) is 0 Å². The van der Waals surface area contributed by atoms with Gasteiger partial charge in [-0.2, -0.15) is 0 Å². The highest BCUT2D eigenvalue weighted by atomic mass is 16.3. The largest absolute Gasteiger partial charge is 0.467 e. The van der Waals surface area contributed by atoms with Crippen molar-refractivity contribution >= 4 is 5.91 Å². The van der Waals surface area contributed by atoms with Crippen molar-refractivity contribution in [2.75, 3.05) is 6.54 Å². The molecule has 4 heteroatoms. The lowest BCUT2D eigenvalue weighted by Crippen LogP contribution is -2.35. The molecule has 1 aromatic heterocycles. The highest BCUT2D eigenvalue weighted by molar-refractivity contribution is 5.78. The Kier molecular flexibility index (Phi) is 5.65. The third-order valence-corrected chi connectivity index (χ3v) is 4.16. The molecule has 1 atom stereocenters. The molecule has 0 fully saturated rings. The minimum Gasteiger partial charge on any atom is -0.467 e. The Labute approximate surface area is 147 Å². The fourth-order valence-electron chi connectivity index (χ4n) is 2.74. The highest BCUT2D eigenvalue weighted by Gasteiger charge is 2.17. The molecule has 3 rings (SSSR count). The zero-order valence-corrected chi connectivity index (χ0v) is 14.2. The Morgan fingerprint density at radius 2 is 1.76 bits per heavy atom. The van der Waals surface area contributed by atoms with E-state index >= 15 is 0 Å². The lowest BCUT2D eigenvalue weighted by Gasteiger charge is -2.17. The SMILES string of the molecule is Cc1ccccc1CNC(=O)CN[C@@H](c1ccccc1)c1ccco1. The van der Waals surface area contributed by atoms with Crippen LogP contribution in [0.2, 0.25) is 0 Å². The molecule has 2 aromatic carbocycles. The van der Waals surface area contributed by atoms with E-state index in [9.17, 15) is 4.79 Å². The molecular weight excluding hydrogens is 312 g/mol. The highest BCUT2D eigenvalue weighted by Crippen LogP contribution is 2.21. The van der Waals surface area contributed by atoms with Gasteiger partial charge in [-0.25, -0.2) is 0 Å². The van der Waals surface area contributed by atoms with Crippen LogP contribution in [0.5, 0.6) is 0 Å². The number of rotatable bonds is 7. The van der Waals surface area contributed by atoms with E-state index < -0.39 is 0 Å². The summed E-state index contributed by atoms with van der Waals surface area (Å²) in [6.45, 7) is 2.79. The maximum Gasteiger partial charge on any atom is 0.234 e. The summed E-state index contributed by atoms with van der Waals surface area (Å²) in [5.74, 6) is 0.744. The molecule has 0 spiro atoms. The Morgan fingerprint density at radius 3 is 2.48 bits per heavy atom. The molecule has 0 saturated heterocycles. The van der Waals surface area contributed by atoms with Gasteiger partial charge < -0.3 is 9.73 Å². The predicted molar refractivity (Wildman–Crippen MR) is 98.0 cm³/mol. The third-order valence-electron chi connectivity index (χ3n) is 4.16.